The molecule has 1 saturated heterocycles. The Balaban J connectivity index is 2.06. The summed E-state index contributed by atoms with van der Waals surface area (Å²) in [6.07, 6.45) is 4.59. The fourth-order valence-corrected chi connectivity index (χ4v) is 4.12. The standard InChI is InChI=1S/C15H20O3/c1-8-4-5-11-12(9(2)14(16)18-11)13-10(8)6-7-15(13,3)17/h4,10-13,17H,2,5-7H2,1,3H3/t10-,11-,12+,13-,15-/m0/s1. The maximum Gasteiger partial charge on any atom is 0.334 e. The first-order valence-corrected chi connectivity index (χ1v) is 6.70. The molecule has 2 aliphatic carbocycles. The number of carbonyl (C=O) groups excluding carboxylic acids is 1. The van der Waals surface area contributed by atoms with Crippen molar-refractivity contribution in [1.29, 1.82) is 0 Å². The summed E-state index contributed by atoms with van der Waals surface area (Å²) in [6.45, 7) is 7.93. The van der Waals surface area contributed by atoms with Gasteiger partial charge in [0.15, 0.2) is 0 Å². The fraction of sp³-hybridized carbons (Fsp3) is 0.667. The Kier molecular flexibility index (Phi) is 2.46. The minimum Gasteiger partial charge on any atom is -0.458 e. The Labute approximate surface area is 108 Å². The number of fused-ring (bicyclic) bond motifs is 3. The summed E-state index contributed by atoms with van der Waals surface area (Å²) in [7, 11) is 0. The first-order chi connectivity index (χ1) is 8.42. The van der Waals surface area contributed by atoms with E-state index in [9.17, 15) is 9.90 Å². The summed E-state index contributed by atoms with van der Waals surface area (Å²) in [5.41, 5.74) is 1.17. The Morgan fingerprint density at radius 2 is 2.28 bits per heavy atom. The number of ether oxygens (including phenoxy) is 1. The summed E-state index contributed by atoms with van der Waals surface area (Å²) < 4.78 is 5.41. The molecule has 0 spiro atoms. The quantitative estimate of drug-likeness (QED) is 0.406. The van der Waals surface area contributed by atoms with Crippen LogP contribution in [0.4, 0.5) is 0 Å². The van der Waals surface area contributed by atoms with Gasteiger partial charge >= 0.3 is 5.97 Å². The van der Waals surface area contributed by atoms with Gasteiger partial charge in [-0.1, -0.05) is 18.2 Å². The molecule has 2 fully saturated rings. The van der Waals surface area contributed by atoms with Crippen molar-refractivity contribution in [2.45, 2.75) is 44.8 Å². The third-order valence-corrected chi connectivity index (χ3v) is 5.08. The van der Waals surface area contributed by atoms with Crippen LogP contribution in [-0.2, 0) is 9.53 Å². The lowest BCUT2D eigenvalue weighted by molar-refractivity contribution is -0.139. The second-order valence-corrected chi connectivity index (χ2v) is 6.21. The number of aliphatic hydroxyl groups is 1. The maximum absolute atomic E-state index is 11.7. The molecule has 0 radical (unpaired) electrons. The van der Waals surface area contributed by atoms with Crippen molar-refractivity contribution in [3.05, 3.63) is 23.8 Å². The van der Waals surface area contributed by atoms with Crippen LogP contribution < -0.4 is 0 Å². The number of rotatable bonds is 0. The molecule has 18 heavy (non-hydrogen) atoms. The predicted molar refractivity (Wildman–Crippen MR) is 67.7 cm³/mol. The van der Waals surface area contributed by atoms with E-state index in [0.717, 1.165) is 19.3 Å². The van der Waals surface area contributed by atoms with E-state index in [0.29, 0.717) is 11.5 Å². The smallest absolute Gasteiger partial charge is 0.334 e. The molecule has 3 aliphatic rings. The molecule has 0 bridgehead atoms. The molecule has 1 saturated carbocycles. The van der Waals surface area contributed by atoms with Crippen molar-refractivity contribution in [3.8, 4) is 0 Å². The number of allylic oxidation sites excluding steroid dienone is 1. The van der Waals surface area contributed by atoms with Crippen LogP contribution in [0.3, 0.4) is 0 Å². The van der Waals surface area contributed by atoms with Gasteiger partial charge in [-0.3, -0.25) is 0 Å². The van der Waals surface area contributed by atoms with Gasteiger partial charge in [-0.15, -0.1) is 0 Å². The van der Waals surface area contributed by atoms with Crippen LogP contribution in [-0.4, -0.2) is 22.8 Å². The van der Waals surface area contributed by atoms with Gasteiger partial charge in [-0.25, -0.2) is 4.79 Å². The van der Waals surface area contributed by atoms with Crippen molar-refractivity contribution >= 4 is 5.97 Å². The van der Waals surface area contributed by atoms with E-state index in [1.165, 1.54) is 5.57 Å². The van der Waals surface area contributed by atoms with Crippen LogP contribution in [0.25, 0.3) is 0 Å². The van der Waals surface area contributed by atoms with Crippen LogP contribution in [0.2, 0.25) is 0 Å². The summed E-state index contributed by atoms with van der Waals surface area (Å²) in [4.78, 5) is 11.7. The molecule has 0 aromatic carbocycles. The lowest BCUT2D eigenvalue weighted by atomic mass is 9.72. The third kappa shape index (κ3) is 1.50. The zero-order chi connectivity index (χ0) is 13.1. The predicted octanol–water partition coefficient (Wildman–Crippen LogP) is 2.21. The molecule has 98 valence electrons. The molecule has 0 amide bonds. The average Bonchev–Trinajstić information content (AvgIpc) is 2.68. The number of esters is 1. The molecular formula is C15H20O3. The number of hydrogen-bond donors (Lipinski definition) is 1. The molecule has 3 rings (SSSR count). The van der Waals surface area contributed by atoms with Gasteiger partial charge in [0.05, 0.1) is 5.60 Å². The Hall–Kier alpha value is -1.09. The van der Waals surface area contributed by atoms with E-state index in [2.05, 4.69) is 19.6 Å². The van der Waals surface area contributed by atoms with Crippen molar-refractivity contribution in [3.63, 3.8) is 0 Å². The molecule has 1 aliphatic heterocycles. The zero-order valence-electron chi connectivity index (χ0n) is 11.0. The second-order valence-electron chi connectivity index (χ2n) is 6.21. The van der Waals surface area contributed by atoms with Crippen molar-refractivity contribution < 1.29 is 14.6 Å². The molecule has 1 N–H and O–H groups in total. The highest BCUT2D eigenvalue weighted by atomic mass is 16.6. The van der Waals surface area contributed by atoms with Crippen molar-refractivity contribution in [2.75, 3.05) is 0 Å². The third-order valence-electron chi connectivity index (χ3n) is 5.08. The Bertz CT molecular complexity index is 447. The normalized spacial score (nSPS) is 47.2. The van der Waals surface area contributed by atoms with Gasteiger partial charge in [-0.05, 0) is 32.6 Å². The highest BCUT2D eigenvalue weighted by Gasteiger charge is 2.56. The van der Waals surface area contributed by atoms with E-state index >= 15 is 0 Å². The van der Waals surface area contributed by atoms with Crippen LogP contribution in [0.15, 0.2) is 23.8 Å². The SMILES string of the molecule is C=C1C(=O)O[C@H]2CC=C(C)[C@@H]3CC[C@](C)(O)[C@@H]3[C@H]12. The summed E-state index contributed by atoms with van der Waals surface area (Å²) in [5, 5.41) is 10.6. The minimum atomic E-state index is -0.718. The monoisotopic (exact) mass is 248 g/mol. The lowest BCUT2D eigenvalue weighted by Crippen LogP contribution is -2.40. The zero-order valence-corrected chi connectivity index (χ0v) is 11.0. The maximum atomic E-state index is 11.7. The lowest BCUT2D eigenvalue weighted by Gasteiger charge is -2.34. The molecule has 3 nitrogen and oxygen atoms in total. The van der Waals surface area contributed by atoms with E-state index < -0.39 is 5.60 Å². The second kappa shape index (κ2) is 3.70. The van der Waals surface area contributed by atoms with Gasteiger partial charge in [0, 0.05) is 23.8 Å². The molecule has 5 atom stereocenters. The molecular weight excluding hydrogens is 228 g/mol. The molecule has 0 unspecified atom stereocenters. The van der Waals surface area contributed by atoms with Crippen molar-refractivity contribution in [2.24, 2.45) is 17.8 Å². The fourth-order valence-electron chi connectivity index (χ4n) is 4.12. The summed E-state index contributed by atoms with van der Waals surface area (Å²) >= 11 is 0. The van der Waals surface area contributed by atoms with Crippen LogP contribution in [0.1, 0.15) is 33.1 Å². The highest BCUT2D eigenvalue weighted by molar-refractivity contribution is 5.91. The molecule has 0 aromatic heterocycles. The molecule has 3 heteroatoms. The van der Waals surface area contributed by atoms with Gasteiger partial charge in [-0.2, -0.15) is 0 Å². The average molecular weight is 248 g/mol. The number of carbonyl (C=O) groups is 1. The Morgan fingerprint density at radius 1 is 1.56 bits per heavy atom. The topological polar surface area (TPSA) is 46.5 Å². The first kappa shape index (κ1) is 12.0. The largest absolute Gasteiger partial charge is 0.458 e. The van der Waals surface area contributed by atoms with Crippen LogP contribution in [0, 0.1) is 17.8 Å². The number of hydrogen-bond acceptors (Lipinski definition) is 3. The van der Waals surface area contributed by atoms with Gasteiger partial charge < -0.3 is 9.84 Å². The molecule has 1 heterocycles. The van der Waals surface area contributed by atoms with E-state index in [4.69, 9.17) is 4.74 Å². The van der Waals surface area contributed by atoms with Crippen molar-refractivity contribution in [1.82, 2.24) is 0 Å². The molecule has 0 aromatic rings. The first-order valence-electron chi connectivity index (χ1n) is 6.70. The minimum absolute atomic E-state index is 0.0197. The van der Waals surface area contributed by atoms with Gasteiger partial charge in [0.1, 0.15) is 6.10 Å². The van der Waals surface area contributed by atoms with E-state index in [-0.39, 0.29) is 23.9 Å². The van der Waals surface area contributed by atoms with Crippen LogP contribution in [0.5, 0.6) is 0 Å². The Morgan fingerprint density at radius 3 is 3.00 bits per heavy atom. The summed E-state index contributed by atoms with van der Waals surface area (Å²) in [6, 6.07) is 0. The summed E-state index contributed by atoms with van der Waals surface area (Å²) in [5.74, 6) is 0.134. The van der Waals surface area contributed by atoms with Crippen LogP contribution >= 0.6 is 0 Å². The van der Waals surface area contributed by atoms with E-state index in [1.807, 2.05) is 6.92 Å². The van der Waals surface area contributed by atoms with Gasteiger partial charge in [0.2, 0.25) is 0 Å². The van der Waals surface area contributed by atoms with Gasteiger partial charge in [0.25, 0.3) is 0 Å². The highest BCUT2D eigenvalue weighted by Crippen LogP contribution is 2.54. The van der Waals surface area contributed by atoms with E-state index in [1.54, 1.807) is 0 Å².